The Kier molecular flexibility index (Phi) is 5.38. The molecule has 31 heavy (non-hydrogen) atoms. The number of hydrogen-bond donors (Lipinski definition) is 2. The number of rotatable bonds is 5. The second-order valence-electron chi connectivity index (χ2n) is 7.65. The first-order valence-electron chi connectivity index (χ1n) is 9.95. The topological polar surface area (TPSA) is 75.1 Å². The lowest BCUT2D eigenvalue weighted by molar-refractivity contribution is 0.0698. The highest BCUT2D eigenvalue weighted by molar-refractivity contribution is 5.94. The zero-order valence-corrected chi connectivity index (χ0v) is 17.5. The van der Waals surface area contributed by atoms with Gasteiger partial charge in [-0.05, 0) is 62.2 Å². The van der Waals surface area contributed by atoms with Crippen LogP contribution < -0.4 is 5.32 Å². The number of para-hydroxylation sites is 1. The van der Waals surface area contributed by atoms with Gasteiger partial charge >= 0.3 is 5.97 Å². The number of benzene rings is 2. The number of aryl methyl sites for hydroxylation is 2. The lowest BCUT2D eigenvalue weighted by Crippen LogP contribution is -2.11. The Hall–Kier alpha value is -3.80. The predicted octanol–water partition coefficient (Wildman–Crippen LogP) is 5.92. The molecule has 0 saturated carbocycles. The Labute approximate surface area is 179 Å². The predicted molar refractivity (Wildman–Crippen MR) is 120 cm³/mol. The van der Waals surface area contributed by atoms with E-state index in [-0.39, 0.29) is 11.6 Å². The van der Waals surface area contributed by atoms with Crippen LogP contribution in [0.4, 0.5) is 10.1 Å². The van der Waals surface area contributed by atoms with Gasteiger partial charge in [-0.2, -0.15) is 0 Å². The van der Waals surface area contributed by atoms with Crippen molar-refractivity contribution in [1.29, 1.82) is 0 Å². The van der Waals surface area contributed by atoms with Crippen molar-refractivity contribution in [2.75, 3.05) is 5.32 Å². The summed E-state index contributed by atoms with van der Waals surface area (Å²) in [5, 5.41) is 13.7. The molecule has 0 bridgehead atoms. The van der Waals surface area contributed by atoms with E-state index < -0.39 is 11.8 Å². The molecule has 0 aliphatic carbocycles. The van der Waals surface area contributed by atoms with E-state index >= 15 is 0 Å². The number of nitrogens with zero attached hydrogens (tertiary/aromatic N) is 2. The molecule has 0 saturated heterocycles. The highest BCUT2D eigenvalue weighted by Gasteiger charge is 2.17. The van der Waals surface area contributed by atoms with Crippen molar-refractivity contribution in [2.45, 2.75) is 26.8 Å². The van der Waals surface area contributed by atoms with Gasteiger partial charge < -0.3 is 10.4 Å². The molecule has 2 heterocycles. The van der Waals surface area contributed by atoms with Crippen molar-refractivity contribution in [2.24, 2.45) is 0 Å². The van der Waals surface area contributed by atoms with Crippen LogP contribution in [-0.4, -0.2) is 21.0 Å². The third kappa shape index (κ3) is 4.10. The number of pyridine rings is 2. The molecule has 4 rings (SSSR count). The Morgan fingerprint density at radius 2 is 1.87 bits per heavy atom. The quantitative estimate of drug-likeness (QED) is 0.423. The first-order chi connectivity index (χ1) is 14.8. The average molecular weight is 415 g/mol. The first kappa shape index (κ1) is 20.5. The lowest BCUT2D eigenvalue weighted by Gasteiger charge is -2.20. The maximum absolute atomic E-state index is 13.8. The van der Waals surface area contributed by atoms with Crippen LogP contribution >= 0.6 is 0 Å². The third-order valence-corrected chi connectivity index (χ3v) is 5.31. The van der Waals surface area contributed by atoms with E-state index in [1.54, 1.807) is 30.5 Å². The van der Waals surface area contributed by atoms with Gasteiger partial charge in [-0.15, -0.1) is 0 Å². The Balaban J connectivity index is 1.84. The summed E-state index contributed by atoms with van der Waals surface area (Å²) in [4.78, 5) is 20.3. The molecule has 2 N–H and O–H groups in total. The zero-order valence-electron chi connectivity index (χ0n) is 17.5. The van der Waals surface area contributed by atoms with Crippen molar-refractivity contribution in [3.05, 3.63) is 89.1 Å². The normalized spacial score (nSPS) is 12.0. The van der Waals surface area contributed by atoms with Crippen LogP contribution in [0.2, 0.25) is 0 Å². The fourth-order valence-electron chi connectivity index (χ4n) is 3.86. The van der Waals surface area contributed by atoms with Gasteiger partial charge in [0, 0.05) is 40.1 Å². The maximum Gasteiger partial charge on any atom is 0.337 e. The Bertz CT molecular complexity index is 1300. The number of halogens is 1. The smallest absolute Gasteiger partial charge is 0.337 e. The number of fused-ring (bicyclic) bond motifs is 1. The molecular formula is C25H22FN3O2. The molecule has 2 aromatic carbocycles. The summed E-state index contributed by atoms with van der Waals surface area (Å²) in [5.41, 5.74) is 5.88. The van der Waals surface area contributed by atoms with Gasteiger partial charge in [0.1, 0.15) is 5.82 Å². The van der Waals surface area contributed by atoms with Crippen LogP contribution in [-0.2, 0) is 0 Å². The molecule has 4 aromatic rings. The van der Waals surface area contributed by atoms with E-state index in [1.165, 1.54) is 12.3 Å². The van der Waals surface area contributed by atoms with E-state index in [0.29, 0.717) is 11.3 Å². The standard InChI is InChI=1S/C25H22FN3O2/c1-14-8-21(16(3)28-23-7-5-4-6-19(23)25(30)31)22-11-20(15(2)29-24(22)9-14)17-10-18(26)13-27-12-17/h4-13,16,28H,1-3H3,(H,30,31). The fraction of sp³-hybridized carbons (Fsp3) is 0.160. The van der Waals surface area contributed by atoms with Gasteiger partial charge in [0.05, 0.1) is 17.3 Å². The summed E-state index contributed by atoms with van der Waals surface area (Å²) in [7, 11) is 0. The van der Waals surface area contributed by atoms with Crippen LogP contribution in [0.5, 0.6) is 0 Å². The van der Waals surface area contributed by atoms with Crippen LogP contribution in [0.3, 0.4) is 0 Å². The summed E-state index contributed by atoms with van der Waals surface area (Å²) in [6, 6.07) is 14.2. The van der Waals surface area contributed by atoms with Crippen LogP contribution in [0.15, 0.2) is 60.9 Å². The molecule has 156 valence electrons. The molecule has 1 unspecified atom stereocenters. The molecular weight excluding hydrogens is 393 g/mol. The molecule has 5 nitrogen and oxygen atoms in total. The minimum absolute atomic E-state index is 0.189. The number of aromatic carboxylic acids is 1. The van der Waals surface area contributed by atoms with Crippen molar-refractivity contribution >= 4 is 22.6 Å². The number of hydrogen-bond acceptors (Lipinski definition) is 4. The summed E-state index contributed by atoms with van der Waals surface area (Å²) in [6.07, 6.45) is 2.80. The van der Waals surface area contributed by atoms with Crippen molar-refractivity contribution < 1.29 is 14.3 Å². The SMILES string of the molecule is Cc1cc(C(C)Nc2ccccc2C(=O)O)c2cc(-c3cncc(F)c3)c(C)nc2c1. The van der Waals surface area contributed by atoms with E-state index in [0.717, 1.165) is 33.3 Å². The van der Waals surface area contributed by atoms with Crippen molar-refractivity contribution in [3.63, 3.8) is 0 Å². The summed E-state index contributed by atoms with van der Waals surface area (Å²) >= 11 is 0. The molecule has 6 heteroatoms. The first-order valence-corrected chi connectivity index (χ1v) is 9.95. The van der Waals surface area contributed by atoms with Crippen molar-refractivity contribution in [3.8, 4) is 11.1 Å². The largest absolute Gasteiger partial charge is 0.478 e. The molecule has 0 amide bonds. The van der Waals surface area contributed by atoms with Gasteiger partial charge in [0.2, 0.25) is 0 Å². The number of aromatic nitrogens is 2. The second-order valence-corrected chi connectivity index (χ2v) is 7.65. The Morgan fingerprint density at radius 1 is 1.10 bits per heavy atom. The summed E-state index contributed by atoms with van der Waals surface area (Å²) in [6.45, 7) is 5.88. The van der Waals surface area contributed by atoms with Crippen LogP contribution in [0, 0.1) is 19.7 Å². The van der Waals surface area contributed by atoms with E-state index in [4.69, 9.17) is 4.98 Å². The Morgan fingerprint density at radius 3 is 2.61 bits per heavy atom. The molecule has 0 fully saturated rings. The highest BCUT2D eigenvalue weighted by Crippen LogP contribution is 2.33. The maximum atomic E-state index is 13.8. The summed E-state index contributed by atoms with van der Waals surface area (Å²) in [5.74, 6) is -1.39. The van der Waals surface area contributed by atoms with E-state index in [1.807, 2.05) is 32.9 Å². The zero-order chi connectivity index (χ0) is 22.1. The van der Waals surface area contributed by atoms with E-state index in [9.17, 15) is 14.3 Å². The van der Waals surface area contributed by atoms with Gasteiger partial charge in [-0.1, -0.05) is 18.2 Å². The summed E-state index contributed by atoms with van der Waals surface area (Å²) < 4.78 is 13.8. The van der Waals surface area contributed by atoms with Crippen LogP contribution in [0.1, 0.15) is 40.1 Å². The number of carboxylic acid groups (broad SMARTS) is 1. The van der Waals surface area contributed by atoms with Gasteiger partial charge in [0.15, 0.2) is 0 Å². The number of carbonyl (C=O) groups is 1. The molecule has 0 aliphatic rings. The average Bonchev–Trinajstić information content (AvgIpc) is 2.72. The lowest BCUT2D eigenvalue weighted by atomic mass is 9.95. The minimum atomic E-state index is -0.984. The number of anilines is 1. The number of nitrogens with one attached hydrogen (secondary N) is 1. The minimum Gasteiger partial charge on any atom is -0.478 e. The molecule has 0 aliphatic heterocycles. The van der Waals surface area contributed by atoms with Crippen LogP contribution in [0.25, 0.3) is 22.0 Å². The monoisotopic (exact) mass is 415 g/mol. The molecule has 0 radical (unpaired) electrons. The molecule has 2 aromatic heterocycles. The third-order valence-electron chi connectivity index (χ3n) is 5.31. The van der Waals surface area contributed by atoms with Crippen molar-refractivity contribution in [1.82, 2.24) is 9.97 Å². The second kappa shape index (κ2) is 8.14. The molecule has 0 spiro atoms. The van der Waals surface area contributed by atoms with Gasteiger partial charge in [0.25, 0.3) is 0 Å². The van der Waals surface area contributed by atoms with E-state index in [2.05, 4.69) is 16.4 Å². The highest BCUT2D eigenvalue weighted by atomic mass is 19.1. The fourth-order valence-corrected chi connectivity index (χ4v) is 3.86. The van der Waals surface area contributed by atoms with Gasteiger partial charge in [-0.25, -0.2) is 9.18 Å². The number of carboxylic acids is 1. The van der Waals surface area contributed by atoms with Gasteiger partial charge in [-0.3, -0.25) is 9.97 Å². The molecule has 1 atom stereocenters.